The van der Waals surface area contributed by atoms with Gasteiger partial charge in [-0.1, -0.05) is 19.8 Å². The molecule has 1 aliphatic carbocycles. The van der Waals surface area contributed by atoms with Gasteiger partial charge in [-0.2, -0.15) is 11.8 Å². The van der Waals surface area contributed by atoms with E-state index in [4.69, 9.17) is 4.74 Å². The molecule has 0 bridgehead atoms. The van der Waals surface area contributed by atoms with Gasteiger partial charge >= 0.3 is 0 Å². The molecule has 0 amide bonds. The van der Waals surface area contributed by atoms with Crippen molar-refractivity contribution in [2.24, 2.45) is 11.8 Å². The topological polar surface area (TPSA) is 26.3 Å². The molecule has 0 aromatic heterocycles. The fourth-order valence-corrected chi connectivity index (χ4v) is 4.07. The summed E-state index contributed by atoms with van der Waals surface area (Å²) in [6.07, 6.45) is 6.28. The van der Waals surface area contributed by atoms with Crippen LogP contribution in [0, 0.1) is 11.8 Å². The number of ketones is 1. The highest BCUT2D eigenvalue weighted by Crippen LogP contribution is 2.32. The predicted molar refractivity (Wildman–Crippen MR) is 67.8 cm³/mol. The van der Waals surface area contributed by atoms with Crippen LogP contribution in [0.3, 0.4) is 0 Å². The Morgan fingerprint density at radius 1 is 1.38 bits per heavy atom. The van der Waals surface area contributed by atoms with Crippen molar-refractivity contribution in [1.82, 2.24) is 0 Å². The van der Waals surface area contributed by atoms with Crippen LogP contribution in [0.4, 0.5) is 0 Å². The first-order valence-corrected chi connectivity index (χ1v) is 7.52. The first-order valence-electron chi connectivity index (χ1n) is 6.47. The standard InChI is InChI=1S/C13H22O2S/c1-10-3-2-4-12(7-10)16-9-13(14)11-5-6-15-8-11/h10-12H,2-9H2,1H3. The highest BCUT2D eigenvalue weighted by atomic mass is 32.2. The molecular weight excluding hydrogens is 220 g/mol. The third kappa shape index (κ3) is 3.49. The fourth-order valence-electron chi connectivity index (χ4n) is 2.64. The normalized spacial score (nSPS) is 35.2. The quantitative estimate of drug-likeness (QED) is 0.758. The van der Waals surface area contributed by atoms with Gasteiger partial charge in [0.05, 0.1) is 12.4 Å². The summed E-state index contributed by atoms with van der Waals surface area (Å²) in [5.74, 6) is 2.19. The van der Waals surface area contributed by atoms with Crippen LogP contribution in [0.15, 0.2) is 0 Å². The van der Waals surface area contributed by atoms with Crippen LogP contribution in [0.1, 0.15) is 39.0 Å². The lowest BCUT2D eigenvalue weighted by molar-refractivity contribution is -0.120. The summed E-state index contributed by atoms with van der Waals surface area (Å²) in [6, 6.07) is 0. The van der Waals surface area contributed by atoms with Crippen molar-refractivity contribution in [2.45, 2.75) is 44.3 Å². The van der Waals surface area contributed by atoms with Gasteiger partial charge in [0.25, 0.3) is 0 Å². The second-order valence-electron chi connectivity index (χ2n) is 5.23. The molecule has 0 radical (unpaired) electrons. The molecule has 0 aromatic rings. The maximum atomic E-state index is 11.9. The first-order chi connectivity index (χ1) is 7.75. The second kappa shape index (κ2) is 6.06. The molecule has 1 saturated carbocycles. The maximum absolute atomic E-state index is 11.9. The molecule has 2 fully saturated rings. The zero-order chi connectivity index (χ0) is 11.4. The largest absolute Gasteiger partial charge is 0.381 e. The van der Waals surface area contributed by atoms with Crippen LogP contribution >= 0.6 is 11.8 Å². The van der Waals surface area contributed by atoms with Crippen molar-refractivity contribution in [3.63, 3.8) is 0 Å². The van der Waals surface area contributed by atoms with E-state index in [9.17, 15) is 4.79 Å². The molecule has 16 heavy (non-hydrogen) atoms. The van der Waals surface area contributed by atoms with Gasteiger partial charge in [-0.15, -0.1) is 0 Å². The Morgan fingerprint density at radius 3 is 2.94 bits per heavy atom. The second-order valence-corrected chi connectivity index (χ2v) is 6.52. The number of carbonyl (C=O) groups excluding carboxylic acids is 1. The van der Waals surface area contributed by atoms with Crippen LogP contribution in [0.2, 0.25) is 0 Å². The van der Waals surface area contributed by atoms with E-state index in [2.05, 4.69) is 6.92 Å². The van der Waals surface area contributed by atoms with Gasteiger partial charge < -0.3 is 4.74 Å². The van der Waals surface area contributed by atoms with Gasteiger partial charge in [-0.25, -0.2) is 0 Å². The van der Waals surface area contributed by atoms with Crippen molar-refractivity contribution in [2.75, 3.05) is 19.0 Å². The summed E-state index contributed by atoms with van der Waals surface area (Å²) in [5, 5.41) is 0.732. The Hall–Kier alpha value is -0.0200. The van der Waals surface area contributed by atoms with E-state index in [-0.39, 0.29) is 5.92 Å². The molecular formula is C13H22O2S. The third-order valence-electron chi connectivity index (χ3n) is 3.73. The average Bonchev–Trinajstić information content (AvgIpc) is 2.79. The number of hydrogen-bond acceptors (Lipinski definition) is 3. The number of thioether (sulfide) groups is 1. The van der Waals surface area contributed by atoms with Gasteiger partial charge in [-0.05, 0) is 25.2 Å². The molecule has 3 heteroatoms. The molecule has 0 N–H and O–H groups in total. The number of carbonyl (C=O) groups is 1. The molecule has 3 atom stereocenters. The predicted octanol–water partition coefficient (Wildman–Crippen LogP) is 2.90. The Balaban J connectivity index is 1.67. The minimum Gasteiger partial charge on any atom is -0.381 e. The molecule has 1 aliphatic heterocycles. The molecule has 2 aliphatic rings. The van der Waals surface area contributed by atoms with Crippen LogP contribution in [-0.4, -0.2) is 30.0 Å². The van der Waals surface area contributed by atoms with E-state index in [1.165, 1.54) is 25.7 Å². The number of ether oxygens (including phenoxy) is 1. The molecule has 2 rings (SSSR count). The van der Waals surface area contributed by atoms with Crippen LogP contribution < -0.4 is 0 Å². The maximum Gasteiger partial charge on any atom is 0.148 e. The summed E-state index contributed by atoms with van der Waals surface area (Å²) >= 11 is 1.89. The summed E-state index contributed by atoms with van der Waals surface area (Å²) < 4.78 is 5.26. The van der Waals surface area contributed by atoms with Crippen molar-refractivity contribution in [3.8, 4) is 0 Å². The van der Waals surface area contributed by atoms with Crippen molar-refractivity contribution in [3.05, 3.63) is 0 Å². The molecule has 3 unspecified atom stereocenters. The van der Waals surface area contributed by atoms with Crippen LogP contribution in [0.25, 0.3) is 0 Å². The summed E-state index contributed by atoms with van der Waals surface area (Å²) in [7, 11) is 0. The molecule has 0 spiro atoms. The van der Waals surface area contributed by atoms with Gasteiger partial charge in [0, 0.05) is 17.8 Å². The van der Waals surface area contributed by atoms with E-state index >= 15 is 0 Å². The molecule has 1 heterocycles. The Bertz CT molecular complexity index is 236. The van der Waals surface area contributed by atoms with E-state index < -0.39 is 0 Å². The zero-order valence-electron chi connectivity index (χ0n) is 10.1. The highest BCUT2D eigenvalue weighted by molar-refractivity contribution is 8.00. The van der Waals surface area contributed by atoms with Gasteiger partial charge in [0.2, 0.25) is 0 Å². The molecule has 1 saturated heterocycles. The molecule has 0 aromatic carbocycles. The minimum absolute atomic E-state index is 0.202. The van der Waals surface area contributed by atoms with E-state index in [0.29, 0.717) is 18.1 Å². The Morgan fingerprint density at radius 2 is 2.25 bits per heavy atom. The van der Waals surface area contributed by atoms with Crippen LogP contribution in [-0.2, 0) is 9.53 Å². The van der Waals surface area contributed by atoms with Crippen LogP contribution in [0.5, 0.6) is 0 Å². The third-order valence-corrected chi connectivity index (χ3v) is 5.09. The highest BCUT2D eigenvalue weighted by Gasteiger charge is 2.25. The van der Waals surface area contributed by atoms with Crippen molar-refractivity contribution < 1.29 is 9.53 Å². The lowest BCUT2D eigenvalue weighted by atomic mass is 9.91. The van der Waals surface area contributed by atoms with Crippen molar-refractivity contribution >= 4 is 17.5 Å². The number of hydrogen-bond donors (Lipinski definition) is 0. The van der Waals surface area contributed by atoms with Gasteiger partial charge in [0.15, 0.2) is 0 Å². The van der Waals surface area contributed by atoms with Crippen molar-refractivity contribution in [1.29, 1.82) is 0 Å². The summed E-state index contributed by atoms with van der Waals surface area (Å²) in [4.78, 5) is 11.9. The number of Topliss-reactive ketones (excluding diaryl/α,β-unsaturated/α-hetero) is 1. The number of rotatable bonds is 4. The molecule has 92 valence electrons. The lowest BCUT2D eigenvalue weighted by Crippen LogP contribution is -2.21. The van der Waals surface area contributed by atoms with Gasteiger partial charge in [-0.3, -0.25) is 4.79 Å². The fraction of sp³-hybridized carbons (Fsp3) is 0.923. The van der Waals surface area contributed by atoms with Gasteiger partial charge in [0.1, 0.15) is 5.78 Å². The smallest absolute Gasteiger partial charge is 0.148 e. The summed E-state index contributed by atoms with van der Waals surface area (Å²) in [5.41, 5.74) is 0. The van der Waals surface area contributed by atoms with E-state index in [1.807, 2.05) is 11.8 Å². The zero-order valence-corrected chi connectivity index (χ0v) is 10.9. The SMILES string of the molecule is CC1CCCC(SCC(=O)C2CCOC2)C1. The average molecular weight is 242 g/mol. The monoisotopic (exact) mass is 242 g/mol. The summed E-state index contributed by atoms with van der Waals surface area (Å²) in [6.45, 7) is 3.78. The van der Waals surface area contributed by atoms with E-state index in [1.54, 1.807) is 0 Å². The Labute approximate surface area is 103 Å². The lowest BCUT2D eigenvalue weighted by Gasteiger charge is -2.26. The van der Waals surface area contributed by atoms with E-state index in [0.717, 1.165) is 24.2 Å². The minimum atomic E-state index is 0.202. The first kappa shape index (κ1) is 12.4. The molecule has 2 nitrogen and oxygen atoms in total. The Kier molecular flexibility index (Phi) is 4.71.